The van der Waals surface area contributed by atoms with Gasteiger partial charge in [-0.15, -0.1) is 11.8 Å². The average Bonchev–Trinajstić information content (AvgIpc) is 3.09. The van der Waals surface area contributed by atoms with Crippen molar-refractivity contribution in [2.75, 3.05) is 30.3 Å². The number of thioether (sulfide) groups is 1. The van der Waals surface area contributed by atoms with Gasteiger partial charge in [0.1, 0.15) is 0 Å². The molecule has 0 atom stereocenters. The number of fused-ring (bicyclic) bond motifs is 1. The fraction of sp³-hybridized carbons (Fsp3) is 0.667. The number of nitrogens with two attached hydrogens (primary N) is 1. The highest BCUT2D eigenvalue weighted by Crippen LogP contribution is 2.32. The Labute approximate surface area is 162 Å². The lowest BCUT2D eigenvalue weighted by Crippen LogP contribution is -2.34. The molecule has 0 spiro atoms. The van der Waals surface area contributed by atoms with Crippen LogP contribution in [0.25, 0.3) is 0 Å². The van der Waals surface area contributed by atoms with E-state index in [1.54, 1.807) is 0 Å². The molecule has 2 aromatic rings. The van der Waals surface area contributed by atoms with Crippen LogP contribution in [-0.4, -0.2) is 56.2 Å². The van der Waals surface area contributed by atoms with Gasteiger partial charge in [-0.2, -0.15) is 4.98 Å². The van der Waals surface area contributed by atoms with Crippen molar-refractivity contribution in [1.82, 2.24) is 20.1 Å². The smallest absolute Gasteiger partial charge is 0.229 e. The molecule has 1 saturated heterocycles. The number of aromatic nitrogens is 4. The minimum Gasteiger partial charge on any atom is -0.394 e. The number of aliphatic hydroxyl groups is 1. The monoisotopic (exact) mass is 390 g/mol. The topological polar surface area (TPSA) is 114 Å². The van der Waals surface area contributed by atoms with Gasteiger partial charge in [-0.05, 0) is 32.6 Å². The maximum absolute atomic E-state index is 8.34. The maximum atomic E-state index is 8.34. The highest BCUT2D eigenvalue weighted by Gasteiger charge is 2.36. The van der Waals surface area contributed by atoms with Gasteiger partial charge in [-0.25, -0.2) is 9.97 Å². The number of hydrogen-bond acceptors (Lipinski definition) is 9. The van der Waals surface area contributed by atoms with E-state index < -0.39 is 0 Å². The first-order valence-corrected chi connectivity index (χ1v) is 10.5. The molecule has 0 aromatic carbocycles. The van der Waals surface area contributed by atoms with Crippen molar-refractivity contribution in [3.05, 3.63) is 23.6 Å². The van der Waals surface area contributed by atoms with Crippen molar-refractivity contribution < 1.29 is 9.63 Å². The molecule has 0 bridgehead atoms. The Bertz CT molecular complexity index is 786. The Hall–Kier alpha value is -1.71. The van der Waals surface area contributed by atoms with E-state index in [-0.39, 0.29) is 12.1 Å². The van der Waals surface area contributed by atoms with Gasteiger partial charge in [-0.1, -0.05) is 5.16 Å². The fourth-order valence-corrected chi connectivity index (χ4v) is 4.19. The van der Waals surface area contributed by atoms with E-state index in [2.05, 4.69) is 20.0 Å². The summed E-state index contributed by atoms with van der Waals surface area (Å²) in [5.74, 6) is 3.86. The third-order valence-corrected chi connectivity index (χ3v) is 6.35. The Morgan fingerprint density at radius 1 is 1.33 bits per heavy atom. The predicted molar refractivity (Wildman–Crippen MR) is 103 cm³/mol. The van der Waals surface area contributed by atoms with Crippen LogP contribution in [-0.2, 0) is 6.42 Å². The minimum absolute atomic E-state index is 0.153. The molecule has 2 aliphatic heterocycles. The predicted octanol–water partition coefficient (Wildman–Crippen LogP) is 1.67. The molecule has 1 saturated carbocycles. The number of aryl methyl sites for hydroxylation is 2. The Morgan fingerprint density at radius 3 is 2.70 bits per heavy atom. The van der Waals surface area contributed by atoms with E-state index in [9.17, 15) is 0 Å². The van der Waals surface area contributed by atoms with Gasteiger partial charge in [0, 0.05) is 47.8 Å². The molecule has 146 valence electrons. The summed E-state index contributed by atoms with van der Waals surface area (Å²) in [7, 11) is 0. The normalized spacial score (nSPS) is 20.8. The highest BCUT2D eigenvalue weighted by atomic mass is 32.2. The van der Waals surface area contributed by atoms with Crippen LogP contribution in [0.5, 0.6) is 0 Å². The lowest BCUT2D eigenvalue weighted by Gasteiger charge is -2.30. The van der Waals surface area contributed by atoms with Crippen molar-refractivity contribution in [2.24, 2.45) is 5.73 Å². The Balaban J connectivity index is 0.000000257. The molecule has 27 heavy (non-hydrogen) atoms. The summed E-state index contributed by atoms with van der Waals surface area (Å²) in [5, 5.41) is 12.2. The number of aliphatic hydroxyl groups excluding tert-OH is 1. The number of rotatable bonds is 3. The number of nitrogens with zero attached hydrogens (tertiary/aromatic N) is 5. The summed E-state index contributed by atoms with van der Waals surface area (Å²) >= 11 is 1.85. The summed E-state index contributed by atoms with van der Waals surface area (Å²) in [6, 6.07) is 0. The molecule has 3 aliphatic rings. The number of piperidine rings is 1. The third kappa shape index (κ3) is 4.41. The largest absolute Gasteiger partial charge is 0.394 e. The van der Waals surface area contributed by atoms with Crippen molar-refractivity contribution in [2.45, 2.75) is 55.4 Å². The first-order chi connectivity index (χ1) is 13.1. The molecule has 0 radical (unpaired) electrons. The molecule has 3 N–H and O–H groups in total. The van der Waals surface area contributed by atoms with E-state index in [4.69, 9.17) is 20.3 Å². The fourth-order valence-electron chi connectivity index (χ4n) is 3.23. The van der Waals surface area contributed by atoms with Crippen LogP contribution in [0.3, 0.4) is 0 Å². The van der Waals surface area contributed by atoms with Gasteiger partial charge in [0.15, 0.2) is 5.82 Å². The zero-order chi connectivity index (χ0) is 18.9. The zero-order valence-electron chi connectivity index (χ0n) is 15.6. The van der Waals surface area contributed by atoms with Crippen LogP contribution in [0, 0.1) is 6.92 Å². The molecule has 2 fully saturated rings. The van der Waals surface area contributed by atoms with Crippen LogP contribution in [0.1, 0.15) is 49.0 Å². The van der Waals surface area contributed by atoms with Gasteiger partial charge < -0.3 is 20.3 Å². The summed E-state index contributed by atoms with van der Waals surface area (Å²) in [5.41, 5.74) is 6.45. The van der Waals surface area contributed by atoms with E-state index >= 15 is 0 Å². The van der Waals surface area contributed by atoms with E-state index in [0.717, 1.165) is 62.8 Å². The Morgan fingerprint density at radius 2 is 2.11 bits per heavy atom. The van der Waals surface area contributed by atoms with Crippen LogP contribution >= 0.6 is 11.8 Å². The van der Waals surface area contributed by atoms with Gasteiger partial charge in [0.2, 0.25) is 11.8 Å². The van der Waals surface area contributed by atoms with Crippen LogP contribution in [0.15, 0.2) is 15.6 Å². The molecular formula is C18H26N6O2S. The van der Waals surface area contributed by atoms with Crippen molar-refractivity contribution in [3.8, 4) is 0 Å². The molecule has 1 aliphatic carbocycles. The summed E-state index contributed by atoms with van der Waals surface area (Å²) in [6.07, 6.45) is 7.07. The molecular weight excluding hydrogens is 364 g/mol. The Kier molecular flexibility index (Phi) is 5.34. The van der Waals surface area contributed by atoms with Crippen molar-refractivity contribution in [3.63, 3.8) is 0 Å². The summed E-state index contributed by atoms with van der Waals surface area (Å²) in [4.78, 5) is 17.1. The van der Waals surface area contributed by atoms with Gasteiger partial charge in [0.25, 0.3) is 0 Å². The van der Waals surface area contributed by atoms with Crippen LogP contribution in [0.4, 0.5) is 5.95 Å². The molecule has 8 nitrogen and oxygen atoms in total. The molecule has 0 unspecified atom stereocenters. The second-order valence-corrected chi connectivity index (χ2v) is 8.68. The van der Waals surface area contributed by atoms with E-state index in [1.165, 1.54) is 10.6 Å². The first-order valence-electron chi connectivity index (χ1n) is 9.50. The number of hydrogen-bond donors (Lipinski definition) is 2. The lowest BCUT2D eigenvalue weighted by atomic mass is 9.97. The molecule has 2 aromatic heterocycles. The van der Waals surface area contributed by atoms with Crippen LogP contribution < -0.4 is 10.6 Å². The molecule has 5 rings (SSSR count). The molecule has 0 amide bonds. The molecule has 4 heterocycles. The van der Waals surface area contributed by atoms with Crippen LogP contribution in [0.2, 0.25) is 0 Å². The summed E-state index contributed by atoms with van der Waals surface area (Å²) in [6.45, 7) is 3.90. The standard InChI is InChI=1S/C14H17N5OS.C4H9NO/c1-9-16-13(20-18-9)10-2-5-19(6-3-10)14-15-8-12-11(17-14)4-7-21-12;5-4(3-6)1-2-4/h8,10H,2-7H2,1H3;6H,1-3,5H2. The zero-order valence-corrected chi connectivity index (χ0v) is 16.4. The van der Waals surface area contributed by atoms with E-state index in [1.807, 2.05) is 24.9 Å². The second kappa shape index (κ2) is 7.73. The molecule has 9 heteroatoms. The maximum Gasteiger partial charge on any atom is 0.229 e. The quantitative estimate of drug-likeness (QED) is 0.807. The van der Waals surface area contributed by atoms with Crippen molar-refractivity contribution >= 4 is 17.7 Å². The van der Waals surface area contributed by atoms with Gasteiger partial charge in [-0.3, -0.25) is 0 Å². The summed E-state index contributed by atoms with van der Waals surface area (Å²) < 4.78 is 5.29. The van der Waals surface area contributed by atoms with E-state index in [0.29, 0.717) is 11.7 Å². The van der Waals surface area contributed by atoms with Gasteiger partial charge >= 0.3 is 0 Å². The third-order valence-electron chi connectivity index (χ3n) is 5.29. The average molecular weight is 391 g/mol. The second-order valence-electron chi connectivity index (χ2n) is 7.54. The number of anilines is 1. The minimum atomic E-state index is -0.153. The SMILES string of the molecule is Cc1noc(C2CCN(c3ncc4c(n3)CCS4)CC2)n1.NC1(CO)CC1. The lowest BCUT2D eigenvalue weighted by molar-refractivity contribution is 0.257. The van der Waals surface area contributed by atoms with Crippen molar-refractivity contribution in [1.29, 1.82) is 0 Å². The highest BCUT2D eigenvalue weighted by molar-refractivity contribution is 7.99. The van der Waals surface area contributed by atoms with Gasteiger partial charge in [0.05, 0.1) is 12.3 Å². The first kappa shape index (κ1) is 18.6.